The van der Waals surface area contributed by atoms with E-state index in [-0.39, 0.29) is 13.2 Å². The maximum Gasteiger partial charge on any atom is 0.338 e. The number of methoxy groups -OCH3 is 2. The lowest BCUT2D eigenvalue weighted by molar-refractivity contribution is -0.136. The summed E-state index contributed by atoms with van der Waals surface area (Å²) in [6, 6.07) is 11.4. The average molecular weight is 437 g/mol. The van der Waals surface area contributed by atoms with E-state index in [1.807, 2.05) is 31.2 Å². The van der Waals surface area contributed by atoms with E-state index >= 15 is 0 Å². The summed E-state index contributed by atoms with van der Waals surface area (Å²) >= 11 is 0. The van der Waals surface area contributed by atoms with Crippen LogP contribution >= 0.6 is 0 Å². The highest BCUT2D eigenvalue weighted by molar-refractivity contribution is 6.00. The molecule has 0 aliphatic carbocycles. The molecule has 2 aliphatic heterocycles. The molecule has 0 unspecified atom stereocenters. The molecule has 4 rings (SSSR count). The van der Waals surface area contributed by atoms with E-state index in [1.54, 1.807) is 18.2 Å². The summed E-state index contributed by atoms with van der Waals surface area (Å²) in [5, 5.41) is 5.55. The Balaban J connectivity index is 1.55. The number of nitrogens with zero attached hydrogens (tertiary/aromatic N) is 1. The molecule has 0 saturated carbocycles. The number of benzene rings is 2. The van der Waals surface area contributed by atoms with Crippen molar-refractivity contribution in [2.24, 2.45) is 0 Å². The number of urea groups is 1. The lowest BCUT2D eigenvalue weighted by atomic mass is 9.95. The van der Waals surface area contributed by atoms with Gasteiger partial charge in [-0.2, -0.15) is 0 Å². The van der Waals surface area contributed by atoms with Gasteiger partial charge >= 0.3 is 12.0 Å². The molecule has 0 fully saturated rings. The highest BCUT2D eigenvalue weighted by Gasteiger charge is 2.42. The number of cyclic esters (lactones) is 1. The minimum Gasteiger partial charge on any atom is -0.493 e. The summed E-state index contributed by atoms with van der Waals surface area (Å²) in [5.74, 6) is 0.0458. The van der Waals surface area contributed by atoms with Gasteiger partial charge in [0, 0.05) is 11.8 Å². The fourth-order valence-corrected chi connectivity index (χ4v) is 3.75. The van der Waals surface area contributed by atoms with Gasteiger partial charge in [0.15, 0.2) is 11.5 Å². The summed E-state index contributed by atoms with van der Waals surface area (Å²) < 4.78 is 15.6. The third kappa shape index (κ3) is 3.96. The number of carbonyl (C=O) groups excluding carboxylic acids is 3. The third-order valence-electron chi connectivity index (χ3n) is 5.38. The van der Waals surface area contributed by atoms with Crippen LogP contribution in [0, 0.1) is 6.92 Å². The van der Waals surface area contributed by atoms with Crippen LogP contribution in [0.4, 0.5) is 10.5 Å². The number of hydrogen-bond donors (Lipinski definition) is 2. The zero-order valence-electron chi connectivity index (χ0n) is 17.9. The monoisotopic (exact) mass is 437 g/mol. The van der Waals surface area contributed by atoms with Gasteiger partial charge in [-0.25, -0.2) is 9.59 Å². The number of anilines is 1. The highest BCUT2D eigenvalue weighted by atomic mass is 16.5. The molecule has 2 aliphatic rings. The van der Waals surface area contributed by atoms with Crippen LogP contribution in [0.5, 0.6) is 11.5 Å². The minimum absolute atomic E-state index is 0.0619. The largest absolute Gasteiger partial charge is 0.493 e. The quantitative estimate of drug-likeness (QED) is 0.673. The summed E-state index contributed by atoms with van der Waals surface area (Å²) in [7, 11) is 3.02. The smallest absolute Gasteiger partial charge is 0.338 e. The number of nitrogens with one attached hydrogen (secondary N) is 2. The van der Waals surface area contributed by atoms with Crippen molar-refractivity contribution in [2.75, 3.05) is 32.7 Å². The van der Waals surface area contributed by atoms with Crippen molar-refractivity contribution in [1.29, 1.82) is 0 Å². The van der Waals surface area contributed by atoms with Crippen LogP contribution in [-0.4, -0.2) is 50.2 Å². The second-order valence-electron chi connectivity index (χ2n) is 7.43. The van der Waals surface area contributed by atoms with Crippen molar-refractivity contribution in [1.82, 2.24) is 10.2 Å². The summed E-state index contributed by atoms with van der Waals surface area (Å²) in [6.07, 6.45) is 0. The van der Waals surface area contributed by atoms with Crippen LogP contribution in [0.3, 0.4) is 0 Å². The maximum atomic E-state index is 12.9. The Morgan fingerprint density at radius 3 is 2.53 bits per heavy atom. The molecular weight excluding hydrogens is 414 g/mol. The van der Waals surface area contributed by atoms with E-state index < -0.39 is 23.9 Å². The van der Waals surface area contributed by atoms with Gasteiger partial charge in [-0.15, -0.1) is 0 Å². The maximum absolute atomic E-state index is 12.9. The number of carbonyl (C=O) groups is 3. The molecule has 166 valence electrons. The van der Waals surface area contributed by atoms with E-state index in [9.17, 15) is 14.4 Å². The Morgan fingerprint density at radius 1 is 1.12 bits per heavy atom. The molecule has 9 heteroatoms. The van der Waals surface area contributed by atoms with Crippen LogP contribution in [-0.2, 0) is 14.3 Å². The van der Waals surface area contributed by atoms with Gasteiger partial charge < -0.3 is 24.8 Å². The van der Waals surface area contributed by atoms with Gasteiger partial charge in [-0.3, -0.25) is 9.69 Å². The van der Waals surface area contributed by atoms with Gasteiger partial charge in [-0.1, -0.05) is 29.8 Å². The Kier molecular flexibility index (Phi) is 5.72. The Labute approximate surface area is 184 Å². The first-order valence-electron chi connectivity index (χ1n) is 9.98. The summed E-state index contributed by atoms with van der Waals surface area (Å²) in [6.45, 7) is 1.61. The molecule has 2 aromatic carbocycles. The number of hydrogen-bond acceptors (Lipinski definition) is 6. The predicted molar refractivity (Wildman–Crippen MR) is 115 cm³/mol. The van der Waals surface area contributed by atoms with Gasteiger partial charge in [-0.05, 0) is 24.6 Å². The Hall–Kier alpha value is -4.01. The zero-order chi connectivity index (χ0) is 22.8. The molecular formula is C23H23N3O6. The van der Waals surface area contributed by atoms with Gasteiger partial charge in [0.1, 0.15) is 13.2 Å². The predicted octanol–water partition coefficient (Wildman–Crippen LogP) is 2.53. The molecule has 0 bridgehead atoms. The van der Waals surface area contributed by atoms with Crippen molar-refractivity contribution in [3.63, 3.8) is 0 Å². The van der Waals surface area contributed by atoms with Crippen molar-refractivity contribution in [2.45, 2.75) is 13.0 Å². The molecule has 9 nitrogen and oxygen atoms in total. The van der Waals surface area contributed by atoms with Gasteiger partial charge in [0.2, 0.25) is 5.91 Å². The molecule has 2 heterocycles. The Bertz CT molecular complexity index is 1110. The van der Waals surface area contributed by atoms with E-state index in [4.69, 9.17) is 14.2 Å². The average Bonchev–Trinajstić information content (AvgIpc) is 3.17. The van der Waals surface area contributed by atoms with Gasteiger partial charge in [0.25, 0.3) is 0 Å². The fraction of sp³-hybridized carbons (Fsp3) is 0.261. The first-order chi connectivity index (χ1) is 15.4. The molecule has 3 amide bonds. The number of aryl methyl sites for hydroxylation is 1. The van der Waals surface area contributed by atoms with Crippen LogP contribution in [0.25, 0.3) is 0 Å². The molecule has 1 atom stereocenters. The molecule has 0 spiro atoms. The SMILES string of the molecule is COc1ccc(NC(=O)CN2C(=O)N[C@@H](c3ccc(C)cc3)C3=C2COC3=O)cc1OC. The molecule has 0 aromatic heterocycles. The number of esters is 1. The lowest BCUT2D eigenvalue weighted by Gasteiger charge is -2.32. The van der Waals surface area contributed by atoms with E-state index in [2.05, 4.69) is 10.6 Å². The lowest BCUT2D eigenvalue weighted by Crippen LogP contribution is -2.49. The highest BCUT2D eigenvalue weighted by Crippen LogP contribution is 2.35. The Morgan fingerprint density at radius 2 is 1.84 bits per heavy atom. The molecule has 2 aromatic rings. The normalized spacial score (nSPS) is 17.5. The van der Waals surface area contributed by atoms with Crippen LogP contribution < -0.4 is 20.1 Å². The second kappa shape index (κ2) is 8.62. The number of amides is 3. The fourth-order valence-electron chi connectivity index (χ4n) is 3.75. The molecule has 32 heavy (non-hydrogen) atoms. The standard InChI is InChI=1S/C23H23N3O6/c1-13-4-6-14(7-5-13)21-20-16(12-32-22(20)28)26(23(29)25-21)11-19(27)24-15-8-9-17(30-2)18(10-15)31-3/h4-10,21H,11-12H2,1-3H3,(H,24,27)(H,25,29)/t21-/m0/s1. The number of ether oxygens (including phenoxy) is 3. The summed E-state index contributed by atoms with van der Waals surface area (Å²) in [5.41, 5.74) is 3.05. The van der Waals surface area contributed by atoms with Gasteiger partial charge in [0.05, 0.1) is 31.5 Å². The van der Waals surface area contributed by atoms with E-state index in [1.165, 1.54) is 19.1 Å². The first-order valence-corrected chi connectivity index (χ1v) is 9.98. The molecule has 2 N–H and O–H groups in total. The topological polar surface area (TPSA) is 106 Å². The summed E-state index contributed by atoms with van der Waals surface area (Å²) in [4.78, 5) is 39.2. The number of rotatable bonds is 6. The molecule has 0 radical (unpaired) electrons. The van der Waals surface area contributed by atoms with Crippen LogP contribution in [0.2, 0.25) is 0 Å². The van der Waals surface area contributed by atoms with E-state index in [0.717, 1.165) is 11.1 Å². The van der Waals surface area contributed by atoms with Crippen LogP contribution in [0.1, 0.15) is 17.2 Å². The van der Waals surface area contributed by atoms with Crippen molar-refractivity contribution < 1.29 is 28.6 Å². The first kappa shape index (κ1) is 21.2. The second-order valence-corrected chi connectivity index (χ2v) is 7.43. The molecule has 0 saturated heterocycles. The third-order valence-corrected chi connectivity index (χ3v) is 5.38. The van der Waals surface area contributed by atoms with Crippen molar-refractivity contribution >= 4 is 23.6 Å². The van der Waals surface area contributed by atoms with E-state index in [0.29, 0.717) is 28.5 Å². The van der Waals surface area contributed by atoms with Crippen LogP contribution in [0.15, 0.2) is 53.7 Å². The van der Waals surface area contributed by atoms with Crippen molar-refractivity contribution in [3.8, 4) is 11.5 Å². The minimum atomic E-state index is -0.627. The van der Waals surface area contributed by atoms with Crippen molar-refractivity contribution in [3.05, 3.63) is 64.9 Å². The zero-order valence-corrected chi connectivity index (χ0v) is 17.9.